The fourth-order valence-electron chi connectivity index (χ4n) is 1.31. The Hall–Kier alpha value is -1.25. The van der Waals surface area contributed by atoms with Crippen LogP contribution in [0.1, 0.15) is 0 Å². The van der Waals surface area contributed by atoms with E-state index >= 15 is 0 Å². The van der Waals surface area contributed by atoms with Gasteiger partial charge in [-0.25, -0.2) is 24.9 Å². The number of aromatic amines is 1. The van der Waals surface area contributed by atoms with E-state index in [-0.39, 0.29) is 5.28 Å². The van der Waals surface area contributed by atoms with Gasteiger partial charge in [0.25, 0.3) is 0 Å². The predicted molar refractivity (Wildman–Crippen MR) is 70.5 cm³/mol. The first kappa shape index (κ1) is 11.8. The Kier molecular flexibility index (Phi) is 3.14. The Balaban J connectivity index is 2.06. The number of nitrogens with zero attached hydrogens (tertiary/aromatic N) is 5. The first-order valence-corrected chi connectivity index (χ1v) is 6.73. The molecule has 0 aliphatic rings. The zero-order valence-corrected chi connectivity index (χ0v) is 11.8. The fourth-order valence-corrected chi connectivity index (χ4v) is 2.75. The monoisotopic (exact) mass is 342 g/mol. The molecule has 0 amide bonds. The summed E-state index contributed by atoms with van der Waals surface area (Å²) in [5, 5.41) is 1.60. The lowest BCUT2D eigenvalue weighted by Gasteiger charge is -2.02. The van der Waals surface area contributed by atoms with Crippen LogP contribution < -0.4 is 0 Å². The molecule has 1 N–H and O–H groups in total. The summed E-state index contributed by atoms with van der Waals surface area (Å²) in [7, 11) is 0. The predicted octanol–water partition coefficient (Wildman–Crippen LogP) is 2.71. The maximum atomic E-state index is 5.77. The maximum Gasteiger partial charge on any atom is 0.223 e. The molecule has 0 saturated heterocycles. The number of halogens is 2. The van der Waals surface area contributed by atoms with Gasteiger partial charge in [0, 0.05) is 6.20 Å². The van der Waals surface area contributed by atoms with Crippen molar-refractivity contribution in [3.8, 4) is 0 Å². The molecule has 0 unspecified atom stereocenters. The molecule has 0 aliphatic heterocycles. The van der Waals surface area contributed by atoms with E-state index in [9.17, 15) is 0 Å². The normalized spacial score (nSPS) is 11.0. The lowest BCUT2D eigenvalue weighted by atomic mass is 10.6. The van der Waals surface area contributed by atoms with Crippen molar-refractivity contribution in [1.29, 1.82) is 0 Å². The Morgan fingerprint density at radius 1 is 1.17 bits per heavy atom. The van der Waals surface area contributed by atoms with Crippen molar-refractivity contribution in [3.05, 3.63) is 28.6 Å². The number of imidazole rings is 1. The molecule has 0 spiro atoms. The second kappa shape index (κ2) is 4.79. The van der Waals surface area contributed by atoms with E-state index in [1.807, 2.05) is 0 Å². The molecule has 0 atom stereocenters. The van der Waals surface area contributed by atoms with Crippen LogP contribution in [0.2, 0.25) is 5.28 Å². The number of H-pyrrole nitrogens is 1. The van der Waals surface area contributed by atoms with Crippen LogP contribution in [0.3, 0.4) is 0 Å². The van der Waals surface area contributed by atoms with E-state index in [4.69, 9.17) is 11.6 Å². The van der Waals surface area contributed by atoms with E-state index in [1.165, 1.54) is 18.1 Å². The second-order valence-corrected chi connectivity index (χ2v) is 5.34. The third-order valence-corrected chi connectivity index (χ3v) is 4.10. The minimum atomic E-state index is 0.190. The van der Waals surface area contributed by atoms with Crippen molar-refractivity contribution >= 4 is 50.5 Å². The second-order valence-electron chi connectivity index (χ2n) is 3.17. The van der Waals surface area contributed by atoms with Crippen molar-refractivity contribution in [2.45, 2.75) is 10.1 Å². The molecular weight excluding hydrogens is 340 g/mol. The van der Waals surface area contributed by atoms with Crippen molar-refractivity contribution in [2.24, 2.45) is 0 Å². The van der Waals surface area contributed by atoms with E-state index in [2.05, 4.69) is 45.8 Å². The van der Waals surface area contributed by atoms with Gasteiger partial charge in [-0.15, -0.1) is 0 Å². The summed E-state index contributed by atoms with van der Waals surface area (Å²) in [4.78, 5) is 23.3. The van der Waals surface area contributed by atoms with Gasteiger partial charge in [-0.3, -0.25) is 0 Å². The van der Waals surface area contributed by atoms with Crippen molar-refractivity contribution in [2.75, 3.05) is 0 Å². The molecule has 3 heterocycles. The molecule has 3 aromatic heterocycles. The Labute approximate surface area is 119 Å². The van der Waals surface area contributed by atoms with Gasteiger partial charge in [-0.2, -0.15) is 0 Å². The van der Waals surface area contributed by atoms with E-state index in [1.54, 1.807) is 12.5 Å². The van der Waals surface area contributed by atoms with Crippen LogP contribution in [0, 0.1) is 0 Å². The lowest BCUT2D eigenvalue weighted by Crippen LogP contribution is -1.90. The zero-order valence-electron chi connectivity index (χ0n) is 8.63. The van der Waals surface area contributed by atoms with Crippen LogP contribution in [0.5, 0.6) is 0 Å². The number of aromatic nitrogens is 6. The summed E-state index contributed by atoms with van der Waals surface area (Å²) >= 11 is 10.5. The average molecular weight is 344 g/mol. The highest BCUT2D eigenvalue weighted by Crippen LogP contribution is 2.33. The third-order valence-electron chi connectivity index (χ3n) is 2.06. The molecule has 0 aromatic carbocycles. The highest BCUT2D eigenvalue weighted by molar-refractivity contribution is 9.10. The maximum absolute atomic E-state index is 5.77. The van der Waals surface area contributed by atoms with Gasteiger partial charge >= 0.3 is 0 Å². The van der Waals surface area contributed by atoms with Crippen LogP contribution in [0.25, 0.3) is 11.2 Å². The minimum absolute atomic E-state index is 0.190. The van der Waals surface area contributed by atoms with Gasteiger partial charge in [0.2, 0.25) is 5.28 Å². The molecule has 6 nitrogen and oxygen atoms in total. The summed E-state index contributed by atoms with van der Waals surface area (Å²) in [5.41, 5.74) is 1.38. The fraction of sp³-hybridized carbons (Fsp3) is 0. The molecule has 18 heavy (non-hydrogen) atoms. The standard InChI is InChI=1S/C9H4BrClN6S/c10-4-1-12-9(11)17-7(4)18-8-5-6(14-2-13-5)15-3-16-8/h1-3H,(H,13,14,15,16). The van der Waals surface area contributed by atoms with Crippen molar-refractivity contribution in [1.82, 2.24) is 29.9 Å². The van der Waals surface area contributed by atoms with Crippen LogP contribution in [-0.2, 0) is 0 Å². The summed E-state index contributed by atoms with van der Waals surface area (Å²) in [6.07, 6.45) is 4.64. The Bertz CT molecular complexity index is 717. The molecule has 0 fully saturated rings. The first-order chi connectivity index (χ1) is 8.74. The minimum Gasteiger partial charge on any atom is -0.341 e. The lowest BCUT2D eigenvalue weighted by molar-refractivity contribution is 1.01. The van der Waals surface area contributed by atoms with Gasteiger partial charge in [-0.05, 0) is 39.3 Å². The average Bonchev–Trinajstić information content (AvgIpc) is 2.83. The number of hydrogen-bond donors (Lipinski definition) is 1. The SMILES string of the molecule is Clc1ncc(Br)c(Sc2ncnc3nc[nH]c23)n1. The first-order valence-electron chi connectivity index (χ1n) is 4.74. The van der Waals surface area contributed by atoms with Crippen LogP contribution in [0.15, 0.2) is 33.4 Å². The molecule has 3 rings (SSSR count). The largest absolute Gasteiger partial charge is 0.341 e. The zero-order chi connectivity index (χ0) is 12.5. The summed E-state index contributed by atoms with van der Waals surface area (Å²) in [6.45, 7) is 0. The summed E-state index contributed by atoms with van der Waals surface area (Å²) in [6, 6.07) is 0. The van der Waals surface area contributed by atoms with E-state index < -0.39 is 0 Å². The van der Waals surface area contributed by atoms with Crippen molar-refractivity contribution in [3.63, 3.8) is 0 Å². The van der Waals surface area contributed by atoms with Gasteiger partial charge in [0.05, 0.1) is 10.8 Å². The Morgan fingerprint density at radius 2 is 2.06 bits per heavy atom. The highest BCUT2D eigenvalue weighted by Gasteiger charge is 2.11. The molecule has 0 aliphatic carbocycles. The molecule has 0 saturated carbocycles. The molecule has 3 aromatic rings. The van der Waals surface area contributed by atoms with E-state index in [0.29, 0.717) is 10.7 Å². The van der Waals surface area contributed by atoms with Crippen LogP contribution in [-0.4, -0.2) is 29.9 Å². The van der Waals surface area contributed by atoms with Gasteiger partial charge in [0.1, 0.15) is 21.9 Å². The molecule has 0 radical (unpaired) electrons. The van der Waals surface area contributed by atoms with Crippen LogP contribution in [0.4, 0.5) is 0 Å². The van der Waals surface area contributed by atoms with Gasteiger partial charge in [0.15, 0.2) is 5.65 Å². The smallest absolute Gasteiger partial charge is 0.223 e. The number of nitrogens with one attached hydrogen (secondary N) is 1. The molecule has 9 heteroatoms. The quantitative estimate of drug-likeness (QED) is 0.569. The van der Waals surface area contributed by atoms with Gasteiger partial charge in [-0.1, -0.05) is 0 Å². The van der Waals surface area contributed by atoms with E-state index in [0.717, 1.165) is 15.0 Å². The third kappa shape index (κ3) is 2.18. The van der Waals surface area contributed by atoms with Crippen LogP contribution >= 0.6 is 39.3 Å². The summed E-state index contributed by atoms with van der Waals surface area (Å²) in [5.74, 6) is 0. The number of hydrogen-bond acceptors (Lipinski definition) is 6. The number of fused-ring (bicyclic) bond motifs is 1. The molecule has 90 valence electrons. The topological polar surface area (TPSA) is 80.2 Å². The van der Waals surface area contributed by atoms with Crippen molar-refractivity contribution < 1.29 is 0 Å². The Morgan fingerprint density at radius 3 is 2.94 bits per heavy atom. The molecule has 0 bridgehead atoms. The molecular formula is C9H4BrClN6S. The van der Waals surface area contributed by atoms with Gasteiger partial charge < -0.3 is 4.98 Å². The highest BCUT2D eigenvalue weighted by atomic mass is 79.9. The number of rotatable bonds is 2. The summed E-state index contributed by atoms with van der Waals surface area (Å²) < 4.78 is 0.753.